The summed E-state index contributed by atoms with van der Waals surface area (Å²) in [5, 5.41) is 0. The van der Waals surface area contributed by atoms with Crippen molar-refractivity contribution in [1.29, 1.82) is 0 Å². The topological polar surface area (TPSA) is 26.3 Å². The van der Waals surface area contributed by atoms with Crippen LogP contribution in [0.4, 0.5) is 8.78 Å². The Hall–Kier alpha value is -1.10. The zero-order chi connectivity index (χ0) is 11.4. The molecule has 0 spiro atoms. The minimum Gasteiger partial charge on any atom is -0.465 e. The maximum atomic E-state index is 13.3. The zero-order valence-corrected chi connectivity index (χ0v) is 9.16. The molecule has 0 N–H and O–H groups in total. The van der Waals surface area contributed by atoms with E-state index in [1.165, 1.54) is 24.9 Å². The number of esters is 1. The van der Waals surface area contributed by atoms with Gasteiger partial charge in [-0.05, 0) is 18.4 Å². The van der Waals surface area contributed by atoms with Crippen molar-refractivity contribution in [2.75, 3.05) is 13.4 Å². The number of thioether (sulfide) groups is 1. The summed E-state index contributed by atoms with van der Waals surface area (Å²) in [5.74, 6) is -2.36. The molecule has 82 valence electrons. The van der Waals surface area contributed by atoms with Crippen LogP contribution in [0, 0.1) is 11.6 Å². The fourth-order valence-corrected chi connectivity index (χ4v) is 1.75. The lowest BCUT2D eigenvalue weighted by molar-refractivity contribution is 0.0599. The van der Waals surface area contributed by atoms with Crippen molar-refractivity contribution in [1.82, 2.24) is 0 Å². The van der Waals surface area contributed by atoms with E-state index in [4.69, 9.17) is 0 Å². The number of hydrogen-bond donors (Lipinski definition) is 0. The molecule has 0 heterocycles. The van der Waals surface area contributed by atoms with E-state index in [2.05, 4.69) is 4.74 Å². The Kier molecular flexibility index (Phi) is 4.08. The molecule has 0 saturated heterocycles. The van der Waals surface area contributed by atoms with Gasteiger partial charge in [0.1, 0.15) is 0 Å². The van der Waals surface area contributed by atoms with E-state index < -0.39 is 17.6 Å². The molecule has 1 aromatic rings. The van der Waals surface area contributed by atoms with Gasteiger partial charge in [0.25, 0.3) is 0 Å². The van der Waals surface area contributed by atoms with Crippen molar-refractivity contribution in [2.45, 2.75) is 5.75 Å². The van der Waals surface area contributed by atoms with Gasteiger partial charge in [0.15, 0.2) is 11.6 Å². The highest BCUT2D eigenvalue weighted by Gasteiger charge is 2.18. The van der Waals surface area contributed by atoms with E-state index in [9.17, 15) is 13.6 Å². The Labute approximate surface area is 90.6 Å². The number of methoxy groups -OCH3 is 1. The predicted octanol–water partition coefficient (Wildman–Crippen LogP) is 2.61. The van der Waals surface area contributed by atoms with Crippen molar-refractivity contribution in [3.8, 4) is 0 Å². The van der Waals surface area contributed by atoms with E-state index in [0.717, 1.165) is 6.07 Å². The average molecular weight is 232 g/mol. The van der Waals surface area contributed by atoms with E-state index in [1.54, 1.807) is 6.26 Å². The van der Waals surface area contributed by atoms with Crippen molar-refractivity contribution >= 4 is 17.7 Å². The Morgan fingerprint density at radius 3 is 2.67 bits per heavy atom. The molecule has 2 nitrogen and oxygen atoms in total. The molecular formula is C10H10F2O2S. The molecule has 0 aromatic heterocycles. The molecule has 0 aliphatic carbocycles. The summed E-state index contributed by atoms with van der Waals surface area (Å²) in [6, 6.07) is 2.15. The van der Waals surface area contributed by atoms with Crippen molar-refractivity contribution in [3.05, 3.63) is 34.9 Å². The molecule has 0 amide bonds. The minimum atomic E-state index is -0.979. The van der Waals surface area contributed by atoms with Gasteiger partial charge < -0.3 is 4.74 Å². The van der Waals surface area contributed by atoms with E-state index in [-0.39, 0.29) is 16.9 Å². The number of carbonyl (C=O) groups excluding carboxylic acids is 1. The molecule has 0 unspecified atom stereocenters. The molecule has 15 heavy (non-hydrogen) atoms. The van der Waals surface area contributed by atoms with Gasteiger partial charge in [-0.3, -0.25) is 0 Å². The summed E-state index contributed by atoms with van der Waals surface area (Å²) in [7, 11) is 1.20. The van der Waals surface area contributed by atoms with Crippen LogP contribution in [0.2, 0.25) is 0 Å². The van der Waals surface area contributed by atoms with Gasteiger partial charge in [0.05, 0.1) is 12.7 Å². The van der Waals surface area contributed by atoms with Crippen molar-refractivity contribution in [2.24, 2.45) is 0 Å². The summed E-state index contributed by atoms with van der Waals surface area (Å²) in [4.78, 5) is 11.3. The molecule has 0 fully saturated rings. The molecule has 0 atom stereocenters. The SMILES string of the molecule is COC(=O)c1ccc(F)c(F)c1CSC. The van der Waals surface area contributed by atoms with Crippen molar-refractivity contribution < 1.29 is 18.3 Å². The largest absolute Gasteiger partial charge is 0.465 e. The van der Waals surface area contributed by atoms with Crippen LogP contribution in [0.25, 0.3) is 0 Å². The third-order valence-electron chi connectivity index (χ3n) is 1.89. The summed E-state index contributed by atoms with van der Waals surface area (Å²) >= 11 is 1.31. The van der Waals surface area contributed by atoms with Gasteiger partial charge in [-0.2, -0.15) is 11.8 Å². The Bertz CT molecular complexity index is 380. The predicted molar refractivity (Wildman–Crippen MR) is 54.9 cm³/mol. The lowest BCUT2D eigenvalue weighted by Crippen LogP contribution is -2.08. The molecular weight excluding hydrogens is 222 g/mol. The molecule has 0 aliphatic rings. The Morgan fingerprint density at radius 1 is 1.47 bits per heavy atom. The van der Waals surface area contributed by atoms with Gasteiger partial charge in [0, 0.05) is 11.3 Å². The number of benzene rings is 1. The normalized spacial score (nSPS) is 10.1. The number of halogens is 2. The van der Waals surface area contributed by atoms with Crippen molar-refractivity contribution in [3.63, 3.8) is 0 Å². The summed E-state index contributed by atoms with van der Waals surface area (Å²) in [6.07, 6.45) is 1.74. The first-order valence-electron chi connectivity index (χ1n) is 4.16. The third-order valence-corrected chi connectivity index (χ3v) is 2.47. The van der Waals surface area contributed by atoms with Gasteiger partial charge in [-0.25, -0.2) is 13.6 Å². The molecule has 0 radical (unpaired) electrons. The van der Waals surface area contributed by atoms with Crippen LogP contribution in [0.3, 0.4) is 0 Å². The monoisotopic (exact) mass is 232 g/mol. The molecule has 1 aromatic carbocycles. The van der Waals surface area contributed by atoms with Gasteiger partial charge in [-0.1, -0.05) is 0 Å². The number of hydrogen-bond acceptors (Lipinski definition) is 3. The Morgan fingerprint density at radius 2 is 2.13 bits per heavy atom. The van der Waals surface area contributed by atoms with Gasteiger partial charge in [-0.15, -0.1) is 0 Å². The lowest BCUT2D eigenvalue weighted by atomic mass is 10.1. The number of rotatable bonds is 3. The second-order valence-corrected chi connectivity index (χ2v) is 3.68. The fourth-order valence-electron chi connectivity index (χ4n) is 1.18. The van der Waals surface area contributed by atoms with E-state index in [1.807, 2.05) is 0 Å². The van der Waals surface area contributed by atoms with Gasteiger partial charge in [0.2, 0.25) is 0 Å². The molecule has 1 rings (SSSR count). The fraction of sp³-hybridized carbons (Fsp3) is 0.300. The van der Waals surface area contributed by atoms with Crippen LogP contribution in [0.1, 0.15) is 15.9 Å². The smallest absolute Gasteiger partial charge is 0.338 e. The maximum absolute atomic E-state index is 13.3. The van der Waals surface area contributed by atoms with Crippen LogP contribution in [0.15, 0.2) is 12.1 Å². The molecule has 0 bridgehead atoms. The number of ether oxygens (including phenoxy) is 1. The Balaban J connectivity index is 3.26. The molecule has 5 heteroatoms. The van der Waals surface area contributed by atoms with Crippen LogP contribution in [-0.2, 0) is 10.5 Å². The first-order valence-corrected chi connectivity index (χ1v) is 5.55. The van der Waals surface area contributed by atoms with Crippen LogP contribution in [0.5, 0.6) is 0 Å². The third kappa shape index (κ3) is 2.47. The van der Waals surface area contributed by atoms with Crippen LogP contribution >= 0.6 is 11.8 Å². The highest BCUT2D eigenvalue weighted by molar-refractivity contribution is 7.97. The summed E-state index contributed by atoms with van der Waals surface area (Å²) in [6.45, 7) is 0. The lowest BCUT2D eigenvalue weighted by Gasteiger charge is -2.08. The van der Waals surface area contributed by atoms with E-state index >= 15 is 0 Å². The summed E-state index contributed by atoms with van der Waals surface area (Å²) < 4.78 is 30.7. The highest BCUT2D eigenvalue weighted by atomic mass is 32.2. The minimum absolute atomic E-state index is 0.0503. The summed E-state index contributed by atoms with van der Waals surface area (Å²) in [5.41, 5.74) is 0.125. The first-order chi connectivity index (χ1) is 7.11. The average Bonchev–Trinajstić information content (AvgIpc) is 2.24. The maximum Gasteiger partial charge on any atom is 0.338 e. The highest BCUT2D eigenvalue weighted by Crippen LogP contribution is 2.21. The second kappa shape index (κ2) is 5.11. The quantitative estimate of drug-likeness (QED) is 0.749. The zero-order valence-electron chi connectivity index (χ0n) is 8.34. The standard InChI is InChI=1S/C10H10F2O2S/c1-14-10(13)6-3-4-8(11)9(12)7(6)5-15-2/h3-4H,5H2,1-2H3. The van der Waals surface area contributed by atoms with Crippen LogP contribution in [-0.4, -0.2) is 19.3 Å². The molecule has 0 saturated carbocycles. The second-order valence-electron chi connectivity index (χ2n) is 2.81. The number of carbonyl (C=O) groups is 1. The van der Waals surface area contributed by atoms with Crippen LogP contribution < -0.4 is 0 Å². The molecule has 0 aliphatic heterocycles. The van der Waals surface area contributed by atoms with E-state index in [0.29, 0.717) is 0 Å². The van der Waals surface area contributed by atoms with Gasteiger partial charge >= 0.3 is 5.97 Å². The first kappa shape index (κ1) is 12.0.